The average molecular weight is 569 g/mol. The molecule has 15 heteroatoms. The number of amides is 4. The molecule has 4 aliphatic heterocycles. The first-order valence-electron chi connectivity index (χ1n) is 12.7. The molecule has 13 nitrogen and oxygen atoms in total. The molecule has 7 N–H and O–H groups in total. The second-order valence-corrected chi connectivity index (χ2v) is 10.2. The summed E-state index contributed by atoms with van der Waals surface area (Å²) in [5, 5.41) is 31.4. The molecule has 4 amide bonds. The number of carbonyl (C=O) groups is 3. The van der Waals surface area contributed by atoms with Crippen LogP contribution in [-0.2, 0) is 4.79 Å². The van der Waals surface area contributed by atoms with Crippen LogP contribution in [0, 0.1) is 11.6 Å². The molecule has 2 aromatic rings. The Morgan fingerprint density at radius 2 is 1.90 bits per heavy atom. The molecule has 0 aromatic heterocycles. The first kappa shape index (κ1) is 26.5. The SMILES string of the molecule is C=C1N[C@H]2[C@H](CN3C(=O)CN(c4ccccc4)C3=O)N=C(N)N3C[C@H](NC(=O)c4cccc(F)c4F)C(O)(O)[C@]23N1. The second kappa shape index (κ2) is 9.14. The normalized spacial score (nSPS) is 28.2. The van der Waals surface area contributed by atoms with Crippen LogP contribution in [0.25, 0.3) is 0 Å². The Hall–Kier alpha value is -4.76. The van der Waals surface area contributed by atoms with Crippen molar-refractivity contribution in [2.75, 3.05) is 24.5 Å². The smallest absolute Gasteiger partial charge is 0.331 e. The highest BCUT2D eigenvalue weighted by atomic mass is 19.2. The highest BCUT2D eigenvalue weighted by molar-refractivity contribution is 6.12. The molecule has 0 unspecified atom stereocenters. The summed E-state index contributed by atoms with van der Waals surface area (Å²) < 4.78 is 28.0. The van der Waals surface area contributed by atoms with Gasteiger partial charge in [-0.25, -0.2) is 18.6 Å². The van der Waals surface area contributed by atoms with Crippen molar-refractivity contribution in [3.63, 3.8) is 0 Å². The summed E-state index contributed by atoms with van der Waals surface area (Å²) in [4.78, 5) is 47.1. The van der Waals surface area contributed by atoms with Crippen molar-refractivity contribution in [1.82, 2.24) is 25.8 Å². The zero-order valence-electron chi connectivity index (χ0n) is 21.4. The summed E-state index contributed by atoms with van der Waals surface area (Å²) in [6, 6.07) is 7.64. The van der Waals surface area contributed by atoms with Gasteiger partial charge in [0, 0.05) is 12.2 Å². The molecule has 0 bridgehead atoms. The van der Waals surface area contributed by atoms with Gasteiger partial charge in [-0.2, -0.15) is 0 Å². The van der Waals surface area contributed by atoms with Crippen LogP contribution in [0.3, 0.4) is 0 Å². The number of rotatable bonds is 5. The van der Waals surface area contributed by atoms with Gasteiger partial charge in [0.2, 0.25) is 5.79 Å². The number of halogens is 2. The van der Waals surface area contributed by atoms with Crippen LogP contribution >= 0.6 is 0 Å². The van der Waals surface area contributed by atoms with Crippen molar-refractivity contribution >= 4 is 29.5 Å². The van der Waals surface area contributed by atoms with Gasteiger partial charge in [0.1, 0.15) is 12.6 Å². The molecule has 6 rings (SSSR count). The molecule has 0 saturated carbocycles. The van der Waals surface area contributed by atoms with Crippen molar-refractivity contribution < 1.29 is 33.4 Å². The van der Waals surface area contributed by atoms with Crippen molar-refractivity contribution in [1.29, 1.82) is 0 Å². The minimum Gasteiger partial charge on any atom is -0.370 e. The van der Waals surface area contributed by atoms with E-state index in [1.807, 2.05) is 0 Å². The van der Waals surface area contributed by atoms with E-state index < -0.39 is 64.6 Å². The predicted octanol–water partition coefficient (Wildman–Crippen LogP) is -1.05. The second-order valence-electron chi connectivity index (χ2n) is 10.2. The van der Waals surface area contributed by atoms with Crippen LogP contribution in [0.5, 0.6) is 0 Å². The number of hydrogen-bond acceptors (Lipinski definition) is 10. The van der Waals surface area contributed by atoms with E-state index in [1.54, 1.807) is 30.3 Å². The Labute approximate surface area is 231 Å². The van der Waals surface area contributed by atoms with Crippen LogP contribution < -0.4 is 26.6 Å². The molecule has 3 fully saturated rings. The fourth-order valence-electron chi connectivity index (χ4n) is 6.00. The zero-order chi connectivity index (χ0) is 29.3. The Morgan fingerprint density at radius 3 is 2.63 bits per heavy atom. The number of urea groups is 1. The third-order valence-corrected chi connectivity index (χ3v) is 7.91. The van der Waals surface area contributed by atoms with Crippen LogP contribution in [0.1, 0.15) is 10.4 Å². The molecule has 3 saturated heterocycles. The molecule has 1 spiro atoms. The van der Waals surface area contributed by atoms with Crippen LogP contribution in [0.2, 0.25) is 0 Å². The van der Waals surface area contributed by atoms with E-state index in [0.717, 1.165) is 23.1 Å². The third kappa shape index (κ3) is 3.80. The number of aliphatic imine (C=N–C) groups is 1. The highest BCUT2D eigenvalue weighted by Gasteiger charge is 2.73. The molecule has 4 atom stereocenters. The summed E-state index contributed by atoms with van der Waals surface area (Å²) >= 11 is 0. The lowest BCUT2D eigenvalue weighted by molar-refractivity contribution is -0.231. The number of imide groups is 1. The number of nitrogens with one attached hydrogen (secondary N) is 3. The molecule has 4 heterocycles. The molecule has 0 aliphatic carbocycles. The standard InChI is InChI=1S/C26H26F2N8O5/c1-13-30-21-17(10-35-19(37)12-34(24(35)39)14-6-3-2-4-7-14)31-23(29)36-11-18(26(40,41)25(21,36)33-13)32-22(38)15-8-5-9-16(27)20(15)28/h2-9,17-18,21,30,33,40-41H,1,10-12H2,(H2,29,31)(H,32,38)/t17-,18-,21-,25-/m0/s1. The minimum absolute atomic E-state index is 0.163. The van der Waals surface area contributed by atoms with E-state index >= 15 is 0 Å². The number of benzene rings is 2. The summed E-state index contributed by atoms with van der Waals surface area (Å²) in [6.07, 6.45) is 0. The average Bonchev–Trinajstić information content (AvgIpc) is 3.51. The first-order chi connectivity index (χ1) is 19.5. The van der Waals surface area contributed by atoms with E-state index in [2.05, 4.69) is 27.5 Å². The van der Waals surface area contributed by atoms with Crippen molar-refractivity contribution in [3.8, 4) is 0 Å². The third-order valence-electron chi connectivity index (χ3n) is 7.91. The Bertz CT molecular complexity index is 1500. The summed E-state index contributed by atoms with van der Waals surface area (Å²) in [5.41, 5.74) is 4.31. The maximum absolute atomic E-state index is 14.3. The lowest BCUT2D eigenvalue weighted by atomic mass is 9.85. The van der Waals surface area contributed by atoms with Crippen molar-refractivity contribution in [2.45, 2.75) is 29.6 Å². The molecular weight excluding hydrogens is 542 g/mol. The Morgan fingerprint density at radius 1 is 1.17 bits per heavy atom. The number of carbonyl (C=O) groups excluding carboxylic acids is 3. The number of nitrogens with two attached hydrogens (primary N) is 1. The fourth-order valence-corrected chi connectivity index (χ4v) is 6.00. The number of aliphatic hydroxyl groups is 2. The minimum atomic E-state index is -2.79. The van der Waals surface area contributed by atoms with Gasteiger partial charge in [0.05, 0.1) is 30.0 Å². The van der Waals surface area contributed by atoms with E-state index in [4.69, 9.17) is 5.73 Å². The van der Waals surface area contributed by atoms with E-state index in [-0.39, 0.29) is 31.4 Å². The van der Waals surface area contributed by atoms with Gasteiger partial charge in [0.15, 0.2) is 23.3 Å². The van der Waals surface area contributed by atoms with Gasteiger partial charge in [-0.1, -0.05) is 30.8 Å². The van der Waals surface area contributed by atoms with Crippen molar-refractivity contribution in [2.24, 2.45) is 10.7 Å². The molecule has 41 heavy (non-hydrogen) atoms. The van der Waals surface area contributed by atoms with E-state index in [9.17, 15) is 33.4 Å². The fraction of sp³-hybridized carbons (Fsp3) is 0.308. The van der Waals surface area contributed by atoms with Crippen molar-refractivity contribution in [3.05, 3.63) is 78.1 Å². The number of guanidine groups is 1. The summed E-state index contributed by atoms with van der Waals surface area (Å²) in [5.74, 6) is -7.00. The zero-order valence-corrected chi connectivity index (χ0v) is 21.4. The lowest BCUT2D eigenvalue weighted by Gasteiger charge is -2.49. The molecular formula is C26H26F2N8O5. The number of hydrogen-bond donors (Lipinski definition) is 6. The largest absolute Gasteiger partial charge is 0.370 e. The highest BCUT2D eigenvalue weighted by Crippen LogP contribution is 2.45. The Kier molecular flexibility index (Phi) is 5.90. The maximum Gasteiger partial charge on any atom is 0.331 e. The first-order valence-corrected chi connectivity index (χ1v) is 12.7. The van der Waals surface area contributed by atoms with Gasteiger partial charge >= 0.3 is 6.03 Å². The Balaban J connectivity index is 1.29. The maximum atomic E-state index is 14.3. The molecule has 0 radical (unpaired) electrons. The summed E-state index contributed by atoms with van der Waals surface area (Å²) in [7, 11) is 0. The number of anilines is 1. The topological polar surface area (TPSA) is 176 Å². The lowest BCUT2D eigenvalue weighted by Crippen LogP contribution is -2.78. The van der Waals surface area contributed by atoms with E-state index in [0.29, 0.717) is 5.69 Å². The number of para-hydroxylation sites is 1. The van der Waals surface area contributed by atoms with Gasteiger partial charge < -0.3 is 36.8 Å². The van der Waals surface area contributed by atoms with Crippen LogP contribution in [0.4, 0.5) is 19.3 Å². The van der Waals surface area contributed by atoms with E-state index in [1.165, 1.54) is 9.80 Å². The monoisotopic (exact) mass is 568 g/mol. The van der Waals surface area contributed by atoms with Gasteiger partial charge in [0.25, 0.3) is 11.8 Å². The van der Waals surface area contributed by atoms with Crippen LogP contribution in [0.15, 0.2) is 65.9 Å². The van der Waals surface area contributed by atoms with Crippen LogP contribution in [-0.4, -0.2) is 93.0 Å². The van der Waals surface area contributed by atoms with Gasteiger partial charge in [-0.15, -0.1) is 0 Å². The molecule has 214 valence electrons. The predicted molar refractivity (Wildman–Crippen MR) is 140 cm³/mol. The van der Waals surface area contributed by atoms with Gasteiger partial charge in [-0.3, -0.25) is 19.4 Å². The molecule has 2 aromatic carbocycles. The molecule has 4 aliphatic rings. The summed E-state index contributed by atoms with van der Waals surface area (Å²) in [6.45, 7) is 3.09. The quantitative estimate of drug-likeness (QED) is 0.194. The number of nitrogens with zero attached hydrogens (tertiary/aromatic N) is 4. The van der Waals surface area contributed by atoms with Gasteiger partial charge in [-0.05, 0) is 24.3 Å².